The highest BCUT2D eigenvalue weighted by Gasteiger charge is 2.10. The number of furan rings is 1. The molecule has 0 bridgehead atoms. The van der Waals surface area contributed by atoms with Gasteiger partial charge in [0.2, 0.25) is 5.91 Å². The molecule has 0 saturated carbocycles. The number of carbonyl (C=O) groups excluding carboxylic acids is 2. The Morgan fingerprint density at radius 2 is 1.96 bits per heavy atom. The van der Waals surface area contributed by atoms with Crippen molar-refractivity contribution in [3.63, 3.8) is 0 Å². The molecule has 0 spiro atoms. The van der Waals surface area contributed by atoms with Crippen LogP contribution in [-0.4, -0.2) is 25.5 Å². The van der Waals surface area contributed by atoms with Crippen LogP contribution in [0.2, 0.25) is 0 Å². The van der Waals surface area contributed by atoms with Crippen molar-refractivity contribution < 1.29 is 18.7 Å². The summed E-state index contributed by atoms with van der Waals surface area (Å²) in [6.45, 7) is 2.52. The van der Waals surface area contributed by atoms with Crippen LogP contribution in [-0.2, 0) is 16.1 Å². The molecular weight excluding hydrogens is 296 g/mol. The standard InChI is InChI=1S/C17H20N2O4/c1-12(15-4-3-9-23-15)18-11-16(20)19-10-13-5-7-14(8-6-13)17(21)22-2/h3-9,12,18H,10-11H2,1-2H3,(H,19,20)/t12-/m0/s1. The summed E-state index contributed by atoms with van der Waals surface area (Å²) < 4.78 is 9.90. The van der Waals surface area contributed by atoms with Crippen LogP contribution in [0.3, 0.4) is 0 Å². The van der Waals surface area contributed by atoms with E-state index >= 15 is 0 Å². The number of nitrogens with one attached hydrogen (secondary N) is 2. The lowest BCUT2D eigenvalue weighted by molar-refractivity contribution is -0.120. The number of carbonyl (C=O) groups is 2. The van der Waals surface area contributed by atoms with Crippen LogP contribution in [0.15, 0.2) is 47.1 Å². The lowest BCUT2D eigenvalue weighted by atomic mass is 10.1. The lowest BCUT2D eigenvalue weighted by Gasteiger charge is -2.11. The number of esters is 1. The molecule has 0 aliphatic rings. The minimum atomic E-state index is -0.378. The zero-order valence-corrected chi connectivity index (χ0v) is 13.2. The van der Waals surface area contributed by atoms with Gasteiger partial charge in [0.25, 0.3) is 0 Å². The largest absolute Gasteiger partial charge is 0.468 e. The summed E-state index contributed by atoms with van der Waals surface area (Å²) in [6, 6.07) is 10.5. The molecule has 0 radical (unpaired) electrons. The van der Waals surface area contributed by atoms with Crippen molar-refractivity contribution in [2.45, 2.75) is 19.5 Å². The molecule has 6 heteroatoms. The van der Waals surface area contributed by atoms with Gasteiger partial charge in [-0.3, -0.25) is 10.1 Å². The van der Waals surface area contributed by atoms with Crippen LogP contribution in [0.5, 0.6) is 0 Å². The quantitative estimate of drug-likeness (QED) is 0.764. The summed E-state index contributed by atoms with van der Waals surface area (Å²) in [7, 11) is 1.34. The summed E-state index contributed by atoms with van der Waals surface area (Å²) >= 11 is 0. The zero-order valence-electron chi connectivity index (χ0n) is 13.2. The van der Waals surface area contributed by atoms with E-state index in [0.29, 0.717) is 12.1 Å². The third-order valence-electron chi connectivity index (χ3n) is 3.40. The van der Waals surface area contributed by atoms with Crippen molar-refractivity contribution in [1.29, 1.82) is 0 Å². The molecule has 1 heterocycles. The Bertz CT molecular complexity index is 635. The van der Waals surface area contributed by atoms with Crippen molar-refractivity contribution in [2.24, 2.45) is 0 Å². The molecule has 0 unspecified atom stereocenters. The van der Waals surface area contributed by atoms with Gasteiger partial charge in [0.05, 0.1) is 31.5 Å². The molecule has 6 nitrogen and oxygen atoms in total. The predicted octanol–water partition coefficient (Wildman–Crippen LogP) is 2.03. The van der Waals surface area contributed by atoms with Crippen LogP contribution in [0.4, 0.5) is 0 Å². The summed E-state index contributed by atoms with van der Waals surface area (Å²) in [5.41, 5.74) is 1.39. The highest BCUT2D eigenvalue weighted by molar-refractivity contribution is 5.89. The van der Waals surface area contributed by atoms with Crippen molar-refractivity contribution in [2.75, 3.05) is 13.7 Å². The Labute approximate surface area is 134 Å². The summed E-state index contributed by atoms with van der Waals surface area (Å²) in [5, 5.41) is 5.90. The number of hydrogen-bond donors (Lipinski definition) is 2. The molecule has 1 aromatic carbocycles. The van der Waals surface area contributed by atoms with Crippen LogP contribution >= 0.6 is 0 Å². The fourth-order valence-corrected chi connectivity index (χ4v) is 2.02. The summed E-state index contributed by atoms with van der Waals surface area (Å²) in [6.07, 6.45) is 1.60. The Kier molecular flexibility index (Phi) is 5.94. The summed E-state index contributed by atoms with van der Waals surface area (Å²) in [5.74, 6) is 0.299. The molecule has 122 valence electrons. The molecule has 1 amide bonds. The van der Waals surface area contributed by atoms with Crippen LogP contribution in [0.25, 0.3) is 0 Å². The van der Waals surface area contributed by atoms with E-state index in [1.165, 1.54) is 7.11 Å². The molecule has 1 aromatic heterocycles. The normalized spacial score (nSPS) is 11.7. The molecule has 2 aromatic rings. The van der Waals surface area contributed by atoms with E-state index in [1.54, 1.807) is 30.5 Å². The zero-order chi connectivity index (χ0) is 16.7. The molecule has 2 N–H and O–H groups in total. The molecule has 1 atom stereocenters. The van der Waals surface area contributed by atoms with Crippen molar-refractivity contribution in [1.82, 2.24) is 10.6 Å². The second-order valence-corrected chi connectivity index (χ2v) is 5.08. The van der Waals surface area contributed by atoms with Crippen LogP contribution in [0, 0.1) is 0 Å². The van der Waals surface area contributed by atoms with E-state index in [2.05, 4.69) is 15.4 Å². The summed E-state index contributed by atoms with van der Waals surface area (Å²) in [4.78, 5) is 23.2. The van der Waals surface area contributed by atoms with Gasteiger partial charge in [-0.25, -0.2) is 4.79 Å². The Hall–Kier alpha value is -2.60. The van der Waals surface area contributed by atoms with Gasteiger partial charge in [-0.1, -0.05) is 12.1 Å². The smallest absolute Gasteiger partial charge is 0.337 e. The lowest BCUT2D eigenvalue weighted by Crippen LogP contribution is -2.34. The van der Waals surface area contributed by atoms with Crippen LogP contribution < -0.4 is 10.6 Å². The fraction of sp³-hybridized carbons (Fsp3) is 0.294. The van der Waals surface area contributed by atoms with Gasteiger partial charge in [-0.15, -0.1) is 0 Å². The molecule has 0 saturated heterocycles. The molecular formula is C17H20N2O4. The van der Waals surface area contributed by atoms with Gasteiger partial charge in [-0.2, -0.15) is 0 Å². The van der Waals surface area contributed by atoms with E-state index < -0.39 is 0 Å². The second kappa shape index (κ2) is 8.14. The third kappa shape index (κ3) is 4.96. The minimum absolute atomic E-state index is 0.0323. The molecule has 2 rings (SSSR count). The van der Waals surface area contributed by atoms with Gasteiger partial charge in [0.15, 0.2) is 0 Å². The average molecular weight is 316 g/mol. The van der Waals surface area contributed by atoms with Crippen LogP contribution in [0.1, 0.15) is 34.6 Å². The number of amides is 1. The number of rotatable bonds is 7. The number of benzene rings is 1. The monoisotopic (exact) mass is 316 g/mol. The molecule has 23 heavy (non-hydrogen) atoms. The first-order valence-corrected chi connectivity index (χ1v) is 7.31. The first-order chi connectivity index (χ1) is 11.1. The minimum Gasteiger partial charge on any atom is -0.468 e. The van der Waals surface area contributed by atoms with Crippen molar-refractivity contribution in [3.8, 4) is 0 Å². The highest BCUT2D eigenvalue weighted by atomic mass is 16.5. The SMILES string of the molecule is COC(=O)c1ccc(CNC(=O)CN[C@@H](C)c2ccco2)cc1. The fourth-order valence-electron chi connectivity index (χ4n) is 2.02. The maximum atomic E-state index is 11.8. The third-order valence-corrected chi connectivity index (χ3v) is 3.40. The maximum Gasteiger partial charge on any atom is 0.337 e. The second-order valence-electron chi connectivity index (χ2n) is 5.08. The number of methoxy groups -OCH3 is 1. The Morgan fingerprint density at radius 1 is 1.22 bits per heavy atom. The van der Waals surface area contributed by atoms with Gasteiger partial charge in [0.1, 0.15) is 5.76 Å². The topological polar surface area (TPSA) is 80.6 Å². The van der Waals surface area contributed by atoms with E-state index in [1.807, 2.05) is 19.1 Å². The molecule has 0 fully saturated rings. The highest BCUT2D eigenvalue weighted by Crippen LogP contribution is 2.11. The van der Waals surface area contributed by atoms with E-state index in [0.717, 1.165) is 11.3 Å². The van der Waals surface area contributed by atoms with Gasteiger partial charge >= 0.3 is 5.97 Å². The Morgan fingerprint density at radius 3 is 2.57 bits per heavy atom. The average Bonchev–Trinajstić information content (AvgIpc) is 3.12. The maximum absolute atomic E-state index is 11.8. The molecule has 0 aliphatic heterocycles. The van der Waals surface area contributed by atoms with E-state index in [9.17, 15) is 9.59 Å². The van der Waals surface area contributed by atoms with Gasteiger partial charge < -0.3 is 14.5 Å². The first kappa shape index (κ1) is 16.8. The van der Waals surface area contributed by atoms with E-state index in [4.69, 9.17) is 4.42 Å². The van der Waals surface area contributed by atoms with Crippen molar-refractivity contribution in [3.05, 3.63) is 59.5 Å². The van der Waals surface area contributed by atoms with Gasteiger partial charge in [0, 0.05) is 6.54 Å². The first-order valence-electron chi connectivity index (χ1n) is 7.31. The number of hydrogen-bond acceptors (Lipinski definition) is 5. The molecule has 0 aliphatic carbocycles. The van der Waals surface area contributed by atoms with Crippen molar-refractivity contribution >= 4 is 11.9 Å². The van der Waals surface area contributed by atoms with Gasteiger partial charge in [-0.05, 0) is 36.8 Å². The van der Waals surface area contributed by atoms with E-state index in [-0.39, 0.29) is 24.5 Å². The Balaban J connectivity index is 1.75. The number of ether oxygens (including phenoxy) is 1. The predicted molar refractivity (Wildman–Crippen MR) is 84.8 cm³/mol.